The van der Waals surface area contributed by atoms with Crippen LogP contribution in [-0.2, 0) is 13.1 Å². The number of hydrogen-bond donors (Lipinski definition) is 0. The van der Waals surface area contributed by atoms with Crippen molar-refractivity contribution in [2.24, 2.45) is 5.92 Å². The second-order valence-corrected chi connectivity index (χ2v) is 7.45. The molecule has 0 amide bonds. The molecule has 0 atom stereocenters. The second-order valence-electron chi connectivity index (χ2n) is 7.09. The van der Waals surface area contributed by atoms with Crippen molar-refractivity contribution in [2.45, 2.75) is 26.9 Å². The largest absolute Gasteiger partial charge is 0.497 e. The number of halogens is 1. The van der Waals surface area contributed by atoms with E-state index in [1.54, 1.807) is 13.3 Å². The maximum atomic E-state index is 6.39. The van der Waals surface area contributed by atoms with Crippen LogP contribution in [0.3, 0.4) is 0 Å². The number of hydrogen-bond acceptors (Lipinski definition) is 5. The molecule has 0 unspecified atom stereocenters. The van der Waals surface area contributed by atoms with Crippen LogP contribution in [0.15, 0.2) is 42.9 Å². The van der Waals surface area contributed by atoms with Gasteiger partial charge in [0.2, 0.25) is 0 Å². The SMILES string of the molecule is COc1ccc(Cn2cc3nc(-c4cnn(CC(C)C)c4)nc(Cl)c3n2)cc1. The summed E-state index contributed by atoms with van der Waals surface area (Å²) in [4.78, 5) is 9.05. The van der Waals surface area contributed by atoms with Gasteiger partial charge in [-0.1, -0.05) is 37.6 Å². The molecule has 3 heterocycles. The van der Waals surface area contributed by atoms with Gasteiger partial charge in [-0.2, -0.15) is 10.2 Å². The van der Waals surface area contributed by atoms with Crippen LogP contribution in [0.4, 0.5) is 0 Å². The van der Waals surface area contributed by atoms with Crippen LogP contribution < -0.4 is 4.74 Å². The highest BCUT2D eigenvalue weighted by molar-refractivity contribution is 6.33. The van der Waals surface area contributed by atoms with Crippen molar-refractivity contribution in [1.29, 1.82) is 0 Å². The molecule has 0 bridgehead atoms. The molecule has 1 aromatic carbocycles. The molecule has 7 nitrogen and oxygen atoms in total. The molecule has 0 saturated heterocycles. The van der Waals surface area contributed by atoms with E-state index in [0.29, 0.717) is 34.5 Å². The minimum absolute atomic E-state index is 0.338. The Morgan fingerprint density at radius 2 is 1.86 bits per heavy atom. The van der Waals surface area contributed by atoms with Gasteiger partial charge in [0.1, 0.15) is 16.8 Å². The van der Waals surface area contributed by atoms with E-state index < -0.39 is 0 Å². The summed E-state index contributed by atoms with van der Waals surface area (Å²) in [6, 6.07) is 7.87. The molecule has 144 valence electrons. The Balaban J connectivity index is 1.62. The van der Waals surface area contributed by atoms with Crippen molar-refractivity contribution in [3.05, 3.63) is 53.6 Å². The van der Waals surface area contributed by atoms with Gasteiger partial charge >= 0.3 is 0 Å². The highest BCUT2D eigenvalue weighted by Crippen LogP contribution is 2.24. The molecule has 3 aromatic heterocycles. The first-order valence-corrected chi connectivity index (χ1v) is 9.46. The Labute approximate surface area is 167 Å². The number of benzene rings is 1. The maximum Gasteiger partial charge on any atom is 0.164 e. The molecule has 0 fully saturated rings. The van der Waals surface area contributed by atoms with E-state index in [1.807, 2.05) is 46.0 Å². The van der Waals surface area contributed by atoms with Gasteiger partial charge in [-0.15, -0.1) is 0 Å². The molecule has 0 N–H and O–H groups in total. The zero-order valence-electron chi connectivity index (χ0n) is 16.0. The molecule has 0 saturated carbocycles. The average Bonchev–Trinajstić information content (AvgIpc) is 3.29. The van der Waals surface area contributed by atoms with E-state index in [2.05, 4.69) is 34.0 Å². The molecule has 0 aliphatic carbocycles. The monoisotopic (exact) mass is 396 g/mol. The minimum atomic E-state index is 0.338. The average molecular weight is 397 g/mol. The molecular formula is C20H21ClN6O. The number of rotatable bonds is 6. The summed E-state index contributed by atoms with van der Waals surface area (Å²) in [6.45, 7) is 5.75. The first-order valence-electron chi connectivity index (χ1n) is 9.08. The minimum Gasteiger partial charge on any atom is -0.497 e. The standard InChI is InChI=1S/C20H21ClN6O/c1-13(2)9-26-11-15(8-22-26)20-23-17-12-27(25-18(17)19(21)24-20)10-14-4-6-16(28-3)7-5-14/h4-8,11-13H,9-10H2,1-3H3. The third kappa shape index (κ3) is 3.84. The van der Waals surface area contributed by atoms with E-state index in [0.717, 1.165) is 23.4 Å². The third-order valence-corrected chi connectivity index (χ3v) is 4.58. The van der Waals surface area contributed by atoms with E-state index in [1.165, 1.54) is 0 Å². The highest BCUT2D eigenvalue weighted by atomic mass is 35.5. The van der Waals surface area contributed by atoms with Gasteiger partial charge in [-0.05, 0) is 23.6 Å². The molecule has 28 heavy (non-hydrogen) atoms. The van der Waals surface area contributed by atoms with Crippen LogP contribution in [0.25, 0.3) is 22.4 Å². The van der Waals surface area contributed by atoms with Crippen LogP contribution in [-0.4, -0.2) is 36.6 Å². The van der Waals surface area contributed by atoms with E-state index in [4.69, 9.17) is 16.3 Å². The number of fused-ring (bicyclic) bond motifs is 1. The summed E-state index contributed by atoms with van der Waals surface area (Å²) < 4.78 is 8.91. The molecular weight excluding hydrogens is 376 g/mol. The Hall–Kier alpha value is -2.93. The van der Waals surface area contributed by atoms with Crippen LogP contribution in [0, 0.1) is 5.92 Å². The lowest BCUT2D eigenvalue weighted by molar-refractivity contribution is 0.414. The molecule has 0 radical (unpaired) electrons. The van der Waals surface area contributed by atoms with Crippen LogP contribution in [0.5, 0.6) is 5.75 Å². The molecule has 4 rings (SSSR count). The van der Waals surface area contributed by atoms with Crippen molar-refractivity contribution in [3.8, 4) is 17.1 Å². The Morgan fingerprint density at radius 1 is 1.07 bits per heavy atom. The summed E-state index contributed by atoms with van der Waals surface area (Å²) in [5.74, 6) is 1.89. The zero-order chi connectivity index (χ0) is 19.7. The Kier molecular flexibility index (Phi) is 5.00. The number of aromatic nitrogens is 6. The summed E-state index contributed by atoms with van der Waals surface area (Å²) in [6.07, 6.45) is 5.59. The van der Waals surface area contributed by atoms with Crippen molar-refractivity contribution < 1.29 is 4.74 Å². The predicted molar refractivity (Wildman–Crippen MR) is 108 cm³/mol. The molecule has 4 aromatic rings. The second kappa shape index (κ2) is 7.59. The van der Waals surface area contributed by atoms with E-state index in [-0.39, 0.29) is 0 Å². The molecule has 8 heteroatoms. The lowest BCUT2D eigenvalue weighted by Gasteiger charge is -2.03. The van der Waals surface area contributed by atoms with Gasteiger partial charge in [0.05, 0.1) is 31.6 Å². The van der Waals surface area contributed by atoms with Crippen molar-refractivity contribution in [2.75, 3.05) is 7.11 Å². The number of ether oxygens (including phenoxy) is 1. The lowest BCUT2D eigenvalue weighted by atomic mass is 10.2. The Morgan fingerprint density at radius 3 is 2.57 bits per heavy atom. The fourth-order valence-electron chi connectivity index (χ4n) is 3.01. The van der Waals surface area contributed by atoms with Gasteiger partial charge in [0.15, 0.2) is 11.0 Å². The van der Waals surface area contributed by atoms with Crippen molar-refractivity contribution in [1.82, 2.24) is 29.5 Å². The topological polar surface area (TPSA) is 70.7 Å². The molecule has 0 spiro atoms. The first-order chi connectivity index (χ1) is 13.5. The van der Waals surface area contributed by atoms with E-state index >= 15 is 0 Å². The van der Waals surface area contributed by atoms with Crippen LogP contribution >= 0.6 is 11.6 Å². The van der Waals surface area contributed by atoms with Gasteiger partial charge in [-0.3, -0.25) is 9.36 Å². The highest BCUT2D eigenvalue weighted by Gasteiger charge is 2.14. The summed E-state index contributed by atoms with van der Waals surface area (Å²) in [7, 11) is 1.65. The molecule has 0 aliphatic heterocycles. The summed E-state index contributed by atoms with van der Waals surface area (Å²) in [5.41, 5.74) is 3.24. The fourth-order valence-corrected chi connectivity index (χ4v) is 3.22. The van der Waals surface area contributed by atoms with Gasteiger partial charge in [0.25, 0.3) is 0 Å². The normalized spacial score (nSPS) is 11.5. The summed E-state index contributed by atoms with van der Waals surface area (Å²) in [5, 5.41) is 9.26. The lowest BCUT2D eigenvalue weighted by Crippen LogP contribution is -2.04. The number of nitrogens with zero attached hydrogens (tertiary/aromatic N) is 6. The van der Waals surface area contributed by atoms with Gasteiger partial charge in [0, 0.05) is 12.7 Å². The third-order valence-electron chi connectivity index (χ3n) is 4.32. The van der Waals surface area contributed by atoms with E-state index in [9.17, 15) is 0 Å². The quantitative estimate of drug-likeness (QED) is 0.460. The Bertz CT molecular complexity index is 1100. The van der Waals surface area contributed by atoms with Crippen LogP contribution in [0.1, 0.15) is 19.4 Å². The van der Waals surface area contributed by atoms with Crippen LogP contribution in [0.2, 0.25) is 5.15 Å². The van der Waals surface area contributed by atoms with Gasteiger partial charge in [-0.25, -0.2) is 9.97 Å². The first kappa shape index (κ1) is 18.4. The molecule has 0 aliphatic rings. The smallest absolute Gasteiger partial charge is 0.164 e. The van der Waals surface area contributed by atoms with Gasteiger partial charge < -0.3 is 4.74 Å². The number of methoxy groups -OCH3 is 1. The van der Waals surface area contributed by atoms with Crippen molar-refractivity contribution in [3.63, 3.8) is 0 Å². The summed E-state index contributed by atoms with van der Waals surface area (Å²) >= 11 is 6.39. The predicted octanol–water partition coefficient (Wildman–Crippen LogP) is 4.06. The fraction of sp³-hybridized carbons (Fsp3) is 0.300. The maximum absolute atomic E-state index is 6.39. The zero-order valence-corrected chi connectivity index (χ0v) is 16.8. The van der Waals surface area contributed by atoms with Crippen molar-refractivity contribution >= 4 is 22.6 Å².